The minimum Gasteiger partial charge on any atom is -0.383 e. The molecule has 0 aliphatic rings. The van der Waals surface area contributed by atoms with Gasteiger partial charge in [-0.25, -0.2) is 4.98 Å². The Bertz CT molecular complexity index is 353. The lowest BCUT2D eigenvalue weighted by atomic mass is 10.1. The summed E-state index contributed by atoms with van der Waals surface area (Å²) >= 11 is 0. The predicted octanol–water partition coefficient (Wildman–Crippen LogP) is 2.61. The second kappa shape index (κ2) is 8.12. The van der Waals surface area contributed by atoms with Crippen molar-refractivity contribution >= 4 is 5.82 Å². The molecule has 19 heavy (non-hydrogen) atoms. The minimum absolute atomic E-state index is 0.319. The number of nitrogens with one attached hydrogen (secondary N) is 1. The first-order valence-electron chi connectivity index (χ1n) is 7.01. The molecule has 0 aromatic carbocycles. The van der Waals surface area contributed by atoms with Crippen LogP contribution in [0.15, 0.2) is 18.3 Å². The van der Waals surface area contributed by atoms with E-state index in [1.165, 1.54) is 5.56 Å². The van der Waals surface area contributed by atoms with Gasteiger partial charge in [-0.15, -0.1) is 0 Å². The summed E-state index contributed by atoms with van der Waals surface area (Å²) in [4.78, 5) is 6.68. The number of nitrogens with zero attached hydrogens (tertiary/aromatic N) is 2. The molecule has 4 heteroatoms. The number of methoxy groups -OCH3 is 1. The standard InChI is InChI=1S/C15H27N3O/c1-6-9-16-13(3)14-7-8-15(17-10-14)18(4)12(2)11-19-5/h7-8,10,12-13,16H,6,9,11H2,1-5H3. The van der Waals surface area contributed by atoms with Gasteiger partial charge in [0.1, 0.15) is 5.82 Å². The Morgan fingerprint density at radius 1 is 1.37 bits per heavy atom. The Morgan fingerprint density at radius 2 is 2.11 bits per heavy atom. The van der Waals surface area contributed by atoms with Gasteiger partial charge < -0.3 is 15.0 Å². The Morgan fingerprint density at radius 3 is 2.63 bits per heavy atom. The van der Waals surface area contributed by atoms with Crippen LogP contribution in [-0.2, 0) is 4.74 Å². The summed E-state index contributed by atoms with van der Waals surface area (Å²) in [5, 5.41) is 3.47. The molecule has 1 aromatic rings. The van der Waals surface area contributed by atoms with Crippen molar-refractivity contribution in [3.63, 3.8) is 0 Å². The quantitative estimate of drug-likeness (QED) is 0.784. The topological polar surface area (TPSA) is 37.4 Å². The summed E-state index contributed by atoms with van der Waals surface area (Å²) in [5.41, 5.74) is 1.23. The highest BCUT2D eigenvalue weighted by Crippen LogP contribution is 2.16. The van der Waals surface area contributed by atoms with Crippen molar-refractivity contribution < 1.29 is 4.74 Å². The van der Waals surface area contributed by atoms with Gasteiger partial charge in [-0.05, 0) is 38.4 Å². The van der Waals surface area contributed by atoms with Gasteiger partial charge in [0, 0.05) is 26.4 Å². The first-order chi connectivity index (χ1) is 9.10. The molecule has 1 heterocycles. The molecule has 0 bridgehead atoms. The van der Waals surface area contributed by atoms with Crippen LogP contribution in [0.1, 0.15) is 38.8 Å². The third kappa shape index (κ3) is 4.80. The van der Waals surface area contributed by atoms with Crippen LogP contribution in [0, 0.1) is 0 Å². The van der Waals surface area contributed by atoms with E-state index in [-0.39, 0.29) is 0 Å². The van der Waals surface area contributed by atoms with Gasteiger partial charge in [0.2, 0.25) is 0 Å². The molecule has 0 amide bonds. The molecule has 1 rings (SSSR count). The number of likely N-dealkylation sites (N-methyl/N-ethyl adjacent to an activating group) is 1. The first-order valence-corrected chi connectivity index (χ1v) is 7.01. The lowest BCUT2D eigenvalue weighted by molar-refractivity contribution is 0.183. The van der Waals surface area contributed by atoms with Gasteiger partial charge >= 0.3 is 0 Å². The fourth-order valence-electron chi connectivity index (χ4n) is 1.92. The Kier molecular flexibility index (Phi) is 6.81. The summed E-state index contributed by atoms with van der Waals surface area (Å²) in [7, 11) is 3.77. The smallest absolute Gasteiger partial charge is 0.128 e. The maximum Gasteiger partial charge on any atom is 0.128 e. The summed E-state index contributed by atoms with van der Waals surface area (Å²) in [6, 6.07) is 4.89. The molecule has 0 fully saturated rings. The van der Waals surface area contributed by atoms with Gasteiger partial charge in [-0.1, -0.05) is 13.0 Å². The van der Waals surface area contributed by atoms with Gasteiger partial charge in [-0.2, -0.15) is 0 Å². The number of hydrogen-bond acceptors (Lipinski definition) is 4. The zero-order valence-corrected chi connectivity index (χ0v) is 12.8. The second-order valence-electron chi connectivity index (χ2n) is 5.04. The molecule has 0 aliphatic carbocycles. The molecule has 0 spiro atoms. The first kappa shape index (κ1) is 15.9. The van der Waals surface area contributed by atoms with E-state index < -0.39 is 0 Å². The van der Waals surface area contributed by atoms with Gasteiger partial charge in [-0.3, -0.25) is 0 Å². The van der Waals surface area contributed by atoms with Gasteiger partial charge in [0.15, 0.2) is 0 Å². The Hall–Kier alpha value is -1.13. The van der Waals surface area contributed by atoms with E-state index in [0.29, 0.717) is 18.7 Å². The maximum absolute atomic E-state index is 5.17. The highest BCUT2D eigenvalue weighted by atomic mass is 16.5. The predicted molar refractivity (Wildman–Crippen MR) is 80.7 cm³/mol. The monoisotopic (exact) mass is 265 g/mol. The summed E-state index contributed by atoms with van der Waals surface area (Å²) < 4.78 is 5.17. The molecule has 2 unspecified atom stereocenters. The summed E-state index contributed by atoms with van der Waals surface area (Å²) in [6.07, 6.45) is 3.10. The van der Waals surface area contributed by atoms with Crippen LogP contribution in [0.5, 0.6) is 0 Å². The van der Waals surface area contributed by atoms with Crippen molar-refractivity contribution in [2.45, 2.75) is 39.3 Å². The number of rotatable bonds is 8. The van der Waals surface area contributed by atoms with Crippen LogP contribution in [-0.4, -0.2) is 38.3 Å². The molecule has 0 radical (unpaired) electrons. The van der Waals surface area contributed by atoms with Crippen molar-refractivity contribution in [1.82, 2.24) is 10.3 Å². The summed E-state index contributed by atoms with van der Waals surface area (Å²) in [6.45, 7) is 8.21. The van der Waals surface area contributed by atoms with E-state index >= 15 is 0 Å². The zero-order valence-electron chi connectivity index (χ0n) is 12.8. The molecule has 4 nitrogen and oxygen atoms in total. The average Bonchev–Trinajstić information content (AvgIpc) is 2.44. The van der Waals surface area contributed by atoms with E-state index in [2.05, 4.69) is 48.1 Å². The van der Waals surface area contributed by atoms with Crippen molar-refractivity contribution in [2.24, 2.45) is 0 Å². The molecule has 2 atom stereocenters. The van der Waals surface area contributed by atoms with Crippen LogP contribution >= 0.6 is 0 Å². The van der Waals surface area contributed by atoms with E-state index in [0.717, 1.165) is 18.8 Å². The maximum atomic E-state index is 5.17. The van der Waals surface area contributed by atoms with Crippen LogP contribution in [0.25, 0.3) is 0 Å². The zero-order chi connectivity index (χ0) is 14.3. The largest absolute Gasteiger partial charge is 0.383 e. The highest BCUT2D eigenvalue weighted by Gasteiger charge is 2.11. The number of pyridine rings is 1. The third-order valence-corrected chi connectivity index (χ3v) is 3.40. The second-order valence-corrected chi connectivity index (χ2v) is 5.04. The van der Waals surface area contributed by atoms with E-state index in [4.69, 9.17) is 4.74 Å². The summed E-state index contributed by atoms with van der Waals surface area (Å²) in [5.74, 6) is 0.982. The molecular formula is C15H27N3O. The number of anilines is 1. The normalized spacial score (nSPS) is 14.2. The fraction of sp³-hybridized carbons (Fsp3) is 0.667. The molecular weight excluding hydrogens is 238 g/mol. The van der Waals surface area contributed by atoms with Crippen molar-refractivity contribution in [2.75, 3.05) is 32.2 Å². The van der Waals surface area contributed by atoms with Crippen molar-refractivity contribution in [1.29, 1.82) is 0 Å². The lowest BCUT2D eigenvalue weighted by Crippen LogP contribution is -2.33. The molecule has 0 aliphatic heterocycles. The number of hydrogen-bond donors (Lipinski definition) is 1. The van der Waals surface area contributed by atoms with E-state index in [1.54, 1.807) is 7.11 Å². The fourth-order valence-corrected chi connectivity index (χ4v) is 1.92. The van der Waals surface area contributed by atoms with E-state index in [1.807, 2.05) is 13.2 Å². The molecule has 1 aromatic heterocycles. The van der Waals surface area contributed by atoms with Gasteiger partial charge in [0.05, 0.1) is 12.6 Å². The molecule has 0 saturated heterocycles. The molecule has 1 N–H and O–H groups in total. The Labute approximate surface area is 117 Å². The molecule has 0 saturated carbocycles. The number of ether oxygens (including phenoxy) is 1. The SMILES string of the molecule is CCCNC(C)c1ccc(N(C)C(C)COC)nc1. The molecule has 108 valence electrons. The van der Waals surface area contributed by atoms with E-state index in [9.17, 15) is 0 Å². The highest BCUT2D eigenvalue weighted by molar-refractivity contribution is 5.39. The van der Waals surface area contributed by atoms with Crippen molar-refractivity contribution in [3.8, 4) is 0 Å². The minimum atomic E-state index is 0.319. The average molecular weight is 265 g/mol. The Balaban J connectivity index is 2.65. The van der Waals surface area contributed by atoms with Crippen molar-refractivity contribution in [3.05, 3.63) is 23.9 Å². The lowest BCUT2D eigenvalue weighted by Gasteiger charge is -2.25. The van der Waals surface area contributed by atoms with Gasteiger partial charge in [0.25, 0.3) is 0 Å². The van der Waals surface area contributed by atoms with Crippen LogP contribution in [0.2, 0.25) is 0 Å². The van der Waals surface area contributed by atoms with Crippen LogP contribution in [0.3, 0.4) is 0 Å². The van der Waals surface area contributed by atoms with Crippen LogP contribution in [0.4, 0.5) is 5.82 Å². The number of aromatic nitrogens is 1. The third-order valence-electron chi connectivity index (χ3n) is 3.40. The van der Waals surface area contributed by atoms with Crippen LogP contribution < -0.4 is 10.2 Å².